The van der Waals surface area contributed by atoms with Gasteiger partial charge in [0.1, 0.15) is 18.2 Å². The van der Waals surface area contributed by atoms with E-state index in [9.17, 15) is 9.50 Å². The number of hydrogen-bond acceptors (Lipinski definition) is 3. The first-order valence-electron chi connectivity index (χ1n) is 6.72. The standard InChI is InChI=1S/C16H13ClFN3O/c17-13-7-3-1-5-11(13)16-19-10-20-21(16)9-15(22)12-6-2-4-8-14(12)18/h1-8,10,15,22H,9H2. The Kier molecular flexibility index (Phi) is 4.18. The molecule has 112 valence electrons. The molecule has 0 spiro atoms. The fourth-order valence-corrected chi connectivity index (χ4v) is 2.48. The van der Waals surface area contributed by atoms with E-state index in [4.69, 9.17) is 11.6 Å². The Hall–Kier alpha value is -2.24. The molecular weight excluding hydrogens is 305 g/mol. The minimum absolute atomic E-state index is 0.0848. The van der Waals surface area contributed by atoms with E-state index in [1.807, 2.05) is 18.2 Å². The van der Waals surface area contributed by atoms with Gasteiger partial charge < -0.3 is 5.11 Å². The first-order valence-corrected chi connectivity index (χ1v) is 7.10. The lowest BCUT2D eigenvalue weighted by molar-refractivity contribution is 0.148. The van der Waals surface area contributed by atoms with Crippen LogP contribution in [0.1, 0.15) is 11.7 Å². The van der Waals surface area contributed by atoms with E-state index >= 15 is 0 Å². The van der Waals surface area contributed by atoms with Gasteiger partial charge >= 0.3 is 0 Å². The maximum absolute atomic E-state index is 13.7. The van der Waals surface area contributed by atoms with Gasteiger partial charge in [-0.05, 0) is 18.2 Å². The smallest absolute Gasteiger partial charge is 0.159 e. The Morgan fingerprint density at radius 3 is 2.64 bits per heavy atom. The van der Waals surface area contributed by atoms with Crippen molar-refractivity contribution in [2.45, 2.75) is 12.6 Å². The summed E-state index contributed by atoms with van der Waals surface area (Å²) in [6.45, 7) is 0.0848. The van der Waals surface area contributed by atoms with Crippen LogP contribution in [0.3, 0.4) is 0 Å². The van der Waals surface area contributed by atoms with Crippen LogP contribution in [0, 0.1) is 5.82 Å². The average molecular weight is 318 g/mol. The van der Waals surface area contributed by atoms with Crippen molar-refractivity contribution in [2.24, 2.45) is 0 Å². The Morgan fingerprint density at radius 1 is 1.14 bits per heavy atom. The van der Waals surface area contributed by atoms with Crippen LogP contribution in [0.2, 0.25) is 5.02 Å². The molecule has 0 aliphatic rings. The van der Waals surface area contributed by atoms with Gasteiger partial charge in [-0.2, -0.15) is 5.10 Å². The number of rotatable bonds is 4. The van der Waals surface area contributed by atoms with Crippen LogP contribution in [0.4, 0.5) is 4.39 Å². The number of aliphatic hydroxyl groups is 1. The Bertz CT molecular complexity index is 790. The minimum Gasteiger partial charge on any atom is -0.386 e. The van der Waals surface area contributed by atoms with E-state index < -0.39 is 11.9 Å². The molecule has 0 aliphatic heterocycles. The van der Waals surface area contributed by atoms with E-state index in [-0.39, 0.29) is 12.1 Å². The molecule has 1 unspecified atom stereocenters. The molecule has 1 N–H and O–H groups in total. The quantitative estimate of drug-likeness (QED) is 0.801. The molecule has 4 nitrogen and oxygen atoms in total. The van der Waals surface area contributed by atoms with Gasteiger partial charge in [0.25, 0.3) is 0 Å². The number of nitrogens with zero attached hydrogens (tertiary/aromatic N) is 3. The summed E-state index contributed by atoms with van der Waals surface area (Å²) >= 11 is 6.16. The van der Waals surface area contributed by atoms with E-state index in [1.165, 1.54) is 17.1 Å². The SMILES string of the molecule is OC(Cn1ncnc1-c1ccccc1Cl)c1ccccc1F. The van der Waals surface area contributed by atoms with Crippen LogP contribution in [0.15, 0.2) is 54.9 Å². The van der Waals surface area contributed by atoms with Gasteiger partial charge in [0.2, 0.25) is 0 Å². The lowest BCUT2D eigenvalue weighted by Crippen LogP contribution is -2.12. The summed E-state index contributed by atoms with van der Waals surface area (Å²) in [5, 5.41) is 14.9. The summed E-state index contributed by atoms with van der Waals surface area (Å²) in [4.78, 5) is 4.18. The summed E-state index contributed by atoms with van der Waals surface area (Å²) in [7, 11) is 0. The summed E-state index contributed by atoms with van der Waals surface area (Å²) in [5.41, 5.74) is 0.936. The number of halogens is 2. The molecule has 1 aromatic heterocycles. The molecule has 2 aromatic carbocycles. The van der Waals surface area contributed by atoms with Crippen molar-refractivity contribution >= 4 is 11.6 Å². The highest BCUT2D eigenvalue weighted by Gasteiger charge is 2.17. The van der Waals surface area contributed by atoms with Crippen LogP contribution < -0.4 is 0 Å². The molecule has 6 heteroatoms. The molecule has 3 aromatic rings. The first-order chi connectivity index (χ1) is 10.7. The number of benzene rings is 2. The summed E-state index contributed by atoms with van der Waals surface area (Å²) < 4.78 is 15.2. The van der Waals surface area contributed by atoms with Crippen molar-refractivity contribution in [3.05, 3.63) is 71.3 Å². The number of aliphatic hydroxyl groups excluding tert-OH is 1. The van der Waals surface area contributed by atoms with Gasteiger partial charge in [0.15, 0.2) is 5.82 Å². The highest BCUT2D eigenvalue weighted by molar-refractivity contribution is 6.33. The second kappa shape index (κ2) is 6.25. The lowest BCUT2D eigenvalue weighted by atomic mass is 10.1. The monoisotopic (exact) mass is 317 g/mol. The molecule has 22 heavy (non-hydrogen) atoms. The normalized spacial score (nSPS) is 12.3. The summed E-state index contributed by atoms with van der Waals surface area (Å²) in [5.74, 6) is 0.0791. The Balaban J connectivity index is 1.90. The number of aromatic nitrogens is 3. The van der Waals surface area contributed by atoms with Crippen LogP contribution in [-0.2, 0) is 6.54 Å². The average Bonchev–Trinajstić information content (AvgIpc) is 2.96. The van der Waals surface area contributed by atoms with Crippen molar-refractivity contribution in [3.8, 4) is 11.4 Å². The van der Waals surface area contributed by atoms with Crippen LogP contribution >= 0.6 is 11.6 Å². The zero-order valence-corrected chi connectivity index (χ0v) is 12.3. The van der Waals surface area contributed by atoms with E-state index in [2.05, 4.69) is 10.1 Å². The highest BCUT2D eigenvalue weighted by Crippen LogP contribution is 2.27. The van der Waals surface area contributed by atoms with Crippen molar-refractivity contribution in [2.75, 3.05) is 0 Å². The highest BCUT2D eigenvalue weighted by atomic mass is 35.5. The fraction of sp³-hybridized carbons (Fsp3) is 0.125. The second-order valence-corrected chi connectivity index (χ2v) is 5.19. The zero-order valence-electron chi connectivity index (χ0n) is 11.5. The third-order valence-electron chi connectivity index (χ3n) is 3.34. The largest absolute Gasteiger partial charge is 0.386 e. The molecule has 0 bridgehead atoms. The van der Waals surface area contributed by atoms with Gasteiger partial charge in [-0.3, -0.25) is 0 Å². The lowest BCUT2D eigenvalue weighted by Gasteiger charge is -2.14. The van der Waals surface area contributed by atoms with Gasteiger partial charge in [-0.1, -0.05) is 41.9 Å². The van der Waals surface area contributed by atoms with Gasteiger partial charge in [0, 0.05) is 11.1 Å². The third kappa shape index (κ3) is 2.86. The van der Waals surface area contributed by atoms with E-state index in [1.54, 1.807) is 24.3 Å². The molecule has 0 fully saturated rings. The Morgan fingerprint density at radius 2 is 1.86 bits per heavy atom. The van der Waals surface area contributed by atoms with E-state index in [0.29, 0.717) is 16.4 Å². The molecular formula is C16H13ClFN3O. The van der Waals surface area contributed by atoms with Crippen molar-refractivity contribution < 1.29 is 9.50 Å². The second-order valence-electron chi connectivity index (χ2n) is 4.78. The zero-order chi connectivity index (χ0) is 15.5. The van der Waals surface area contributed by atoms with Crippen molar-refractivity contribution in [1.29, 1.82) is 0 Å². The molecule has 0 saturated carbocycles. The molecule has 1 atom stereocenters. The third-order valence-corrected chi connectivity index (χ3v) is 3.67. The van der Waals surface area contributed by atoms with Crippen molar-refractivity contribution in [1.82, 2.24) is 14.8 Å². The predicted octanol–water partition coefficient (Wildman–Crippen LogP) is 3.47. The molecule has 0 amide bonds. The minimum atomic E-state index is -1.02. The topological polar surface area (TPSA) is 50.9 Å². The van der Waals surface area contributed by atoms with Gasteiger partial charge in [-0.25, -0.2) is 14.1 Å². The molecule has 0 radical (unpaired) electrons. The molecule has 1 heterocycles. The first kappa shape index (κ1) is 14.7. The fourth-order valence-electron chi connectivity index (χ4n) is 2.26. The summed E-state index contributed by atoms with van der Waals surface area (Å²) in [6.07, 6.45) is 0.358. The van der Waals surface area contributed by atoms with Crippen LogP contribution in [0.25, 0.3) is 11.4 Å². The Labute approximate surface area is 131 Å². The van der Waals surface area contributed by atoms with Gasteiger partial charge in [-0.15, -0.1) is 0 Å². The molecule has 0 aliphatic carbocycles. The van der Waals surface area contributed by atoms with Crippen LogP contribution in [0.5, 0.6) is 0 Å². The molecule has 3 rings (SSSR count). The maximum Gasteiger partial charge on any atom is 0.159 e. The number of hydrogen-bond donors (Lipinski definition) is 1. The van der Waals surface area contributed by atoms with Crippen LogP contribution in [-0.4, -0.2) is 19.9 Å². The van der Waals surface area contributed by atoms with Crippen molar-refractivity contribution in [3.63, 3.8) is 0 Å². The predicted molar refractivity (Wildman–Crippen MR) is 81.8 cm³/mol. The molecule has 0 saturated heterocycles. The van der Waals surface area contributed by atoms with E-state index in [0.717, 1.165) is 0 Å². The summed E-state index contributed by atoms with van der Waals surface area (Å²) in [6, 6.07) is 13.4. The van der Waals surface area contributed by atoms with Gasteiger partial charge in [0.05, 0.1) is 11.6 Å². The maximum atomic E-state index is 13.7.